The quantitative estimate of drug-likeness (QED) is 0.0371. The van der Waals surface area contributed by atoms with Crippen LogP contribution in [-0.4, -0.2) is 12.6 Å². The van der Waals surface area contributed by atoms with Gasteiger partial charge in [0.25, 0.3) is 0 Å². The monoisotopic (exact) mass is 1090 g/mol. The minimum Gasteiger partial charge on any atom is -0.738 e. The Morgan fingerprint density at radius 1 is 0.360 bits per heavy atom. The van der Waals surface area contributed by atoms with Crippen molar-refractivity contribution in [2.24, 2.45) is 0 Å². The molecule has 75 heavy (non-hydrogen) atoms. The zero-order chi connectivity index (χ0) is 51.3. The number of rotatable bonds is 18. The van der Waals surface area contributed by atoms with Gasteiger partial charge >= 0.3 is 0 Å². The van der Waals surface area contributed by atoms with E-state index in [-0.39, 0.29) is 27.9 Å². The summed E-state index contributed by atoms with van der Waals surface area (Å²) in [7, 11) is -3.15. The average molecular weight is 1090 g/mol. The first-order chi connectivity index (χ1) is 36.2. The summed E-state index contributed by atoms with van der Waals surface area (Å²) in [5.74, 6) is 0. The first-order valence-corrected chi connectivity index (χ1v) is 30.6. The predicted molar refractivity (Wildman–Crippen MR) is 326 cm³/mol. The van der Waals surface area contributed by atoms with Crippen molar-refractivity contribution in [3.05, 3.63) is 278 Å². The summed E-state index contributed by atoms with van der Waals surface area (Å²) < 4.78 is 0. The van der Waals surface area contributed by atoms with Gasteiger partial charge in [0.05, 0.1) is 0 Å². The molecule has 380 valence electrons. The fraction of sp³-hybridized carbons (Fsp3) is 0.118. The van der Waals surface area contributed by atoms with Crippen LogP contribution in [0.5, 0.6) is 0 Å². The fourth-order valence-corrected chi connectivity index (χ4v) is 20.1. The number of hydrogen-bond acceptors (Lipinski definition) is 2. The Morgan fingerprint density at radius 3 is 0.827 bits per heavy atom. The van der Waals surface area contributed by atoms with Crippen LogP contribution in [0.2, 0.25) is 0 Å². The average Bonchev–Trinajstić information content (AvgIpc) is 4.09. The summed E-state index contributed by atoms with van der Waals surface area (Å²) >= 11 is 0. The van der Waals surface area contributed by atoms with Gasteiger partial charge in [-0.25, -0.2) is 15.8 Å². The second kappa shape index (κ2) is 26.2. The van der Waals surface area contributed by atoms with E-state index >= 15 is 0 Å². The number of benzene rings is 8. The second-order valence-corrected chi connectivity index (χ2v) is 28.3. The molecular formula is C68H62FeO2P4-6. The van der Waals surface area contributed by atoms with E-state index < -0.39 is 31.7 Å². The summed E-state index contributed by atoms with van der Waals surface area (Å²) in [4.78, 5) is 23.3. The van der Waals surface area contributed by atoms with Gasteiger partial charge < -0.3 is 37.9 Å². The molecular weight excluding hydrogens is 1030 g/mol. The Hall–Kier alpha value is -5.96. The van der Waals surface area contributed by atoms with Crippen molar-refractivity contribution < 1.29 is 26.7 Å². The maximum atomic E-state index is 11.6. The third kappa shape index (κ3) is 13.2. The van der Waals surface area contributed by atoms with E-state index in [4.69, 9.17) is 0 Å². The van der Waals surface area contributed by atoms with Crippen LogP contribution in [0.25, 0.3) is 0 Å². The minimum absolute atomic E-state index is 0. The summed E-state index contributed by atoms with van der Waals surface area (Å²) in [6, 6.07) is 96.9. The molecule has 0 spiro atoms. The van der Waals surface area contributed by atoms with E-state index in [1.165, 1.54) is 74.8 Å². The van der Waals surface area contributed by atoms with Gasteiger partial charge in [-0.3, -0.25) is 0 Å². The van der Waals surface area contributed by atoms with E-state index in [9.17, 15) is 9.59 Å². The summed E-state index contributed by atoms with van der Waals surface area (Å²) in [5, 5.41) is 16.3. The Kier molecular flexibility index (Phi) is 19.3. The van der Waals surface area contributed by atoms with Crippen molar-refractivity contribution in [3.8, 4) is 0 Å². The molecule has 10 aromatic rings. The minimum atomic E-state index is -0.788. The van der Waals surface area contributed by atoms with Gasteiger partial charge in [-0.15, -0.1) is 0 Å². The molecule has 0 heterocycles. The maximum Gasteiger partial charge on any atom is 0.119 e. The molecule has 0 fully saturated rings. The van der Waals surface area contributed by atoms with Crippen LogP contribution >= 0.6 is 31.7 Å². The van der Waals surface area contributed by atoms with E-state index in [0.717, 1.165) is 12.6 Å². The van der Waals surface area contributed by atoms with Crippen LogP contribution in [0.15, 0.2) is 267 Å². The number of aldehydes is 2. The molecule has 0 aliphatic heterocycles. The molecule has 0 unspecified atom stereocenters. The summed E-state index contributed by atoms with van der Waals surface area (Å²) in [6.45, 7) is 8.74. The van der Waals surface area contributed by atoms with Gasteiger partial charge in [-0.1, -0.05) is 307 Å². The topological polar surface area (TPSA) is 34.1 Å². The molecule has 0 radical (unpaired) electrons. The van der Waals surface area contributed by atoms with E-state index in [1.807, 2.05) is 0 Å². The molecule has 0 atom stereocenters. The van der Waals surface area contributed by atoms with Crippen LogP contribution in [0.3, 0.4) is 0 Å². The summed E-state index contributed by atoms with van der Waals surface area (Å²) in [5.41, 5.74) is 2.00. The number of hydrogen-bond donors (Lipinski definition) is 0. The van der Waals surface area contributed by atoms with Gasteiger partial charge in [0.15, 0.2) is 0 Å². The van der Waals surface area contributed by atoms with Gasteiger partial charge in [0.2, 0.25) is 0 Å². The normalized spacial score (nSPS) is 11.5. The van der Waals surface area contributed by atoms with Crippen molar-refractivity contribution in [1.29, 1.82) is 0 Å². The van der Waals surface area contributed by atoms with Crippen LogP contribution in [0.4, 0.5) is 0 Å². The predicted octanol–water partition coefficient (Wildman–Crippen LogP) is 11.6. The molecule has 10 aromatic carbocycles. The number of carbonyl (C=O) groups is 2. The molecule has 2 nitrogen and oxygen atoms in total. The zero-order valence-corrected chi connectivity index (χ0v) is 47.6. The molecule has 0 N–H and O–H groups in total. The smallest absolute Gasteiger partial charge is 0.119 e. The largest absolute Gasteiger partial charge is 0.738 e. The SMILES string of the molecule is CC(C)(CC=O)[c-]1[cH-][c-](P(c2ccccc2)c2ccccc2)[c-](P(c2ccccc2)c2ccccc2)[cH-]1.CC(C)(CC=O)[c-]1cc(P(c2ccccc2)c2ccccc2)c(P(c2ccccc2)c2ccccc2)c1.[Fe]. The van der Waals surface area contributed by atoms with Gasteiger partial charge in [-0.2, -0.15) is 33.7 Å². The first-order valence-electron chi connectivity index (χ1n) is 25.3. The van der Waals surface area contributed by atoms with Gasteiger partial charge in [-0.05, 0) is 33.1 Å². The zero-order valence-electron chi connectivity index (χ0n) is 42.9. The molecule has 0 bridgehead atoms. The van der Waals surface area contributed by atoms with Crippen LogP contribution in [0, 0.1) is 0 Å². The molecule has 7 heteroatoms. The van der Waals surface area contributed by atoms with Crippen molar-refractivity contribution in [2.45, 2.75) is 51.4 Å². The molecule has 0 aliphatic carbocycles. The third-order valence-corrected chi connectivity index (χ3v) is 23.8. The molecule has 10 rings (SSSR count). The van der Waals surface area contributed by atoms with E-state index in [2.05, 4.69) is 295 Å². The molecule has 0 saturated carbocycles. The Labute approximate surface area is 460 Å². The standard InChI is InChI=1S/2C34H31OP2.Fe/c2*1-34(2,23-24-35)27-25-32(36(28-15-7-3-8-16-28)29-17-9-4-10-18-29)33(26-27)37(30-19-11-5-12-20-30)31-21-13-6-14-22-31;/h2*3-22,24-26H,23H2,1-2H3;/q-5;-1;. The van der Waals surface area contributed by atoms with Gasteiger partial charge in [0.1, 0.15) is 12.6 Å². The molecule has 0 aromatic heterocycles. The van der Waals surface area contributed by atoms with Crippen molar-refractivity contribution in [3.63, 3.8) is 0 Å². The van der Waals surface area contributed by atoms with Crippen molar-refractivity contribution >= 4 is 108 Å². The van der Waals surface area contributed by atoms with E-state index in [0.29, 0.717) is 12.8 Å². The Bertz CT molecular complexity index is 2720. The van der Waals surface area contributed by atoms with Gasteiger partial charge in [0, 0.05) is 23.5 Å². The van der Waals surface area contributed by atoms with Crippen molar-refractivity contribution in [1.82, 2.24) is 0 Å². The maximum absolute atomic E-state index is 11.6. The van der Waals surface area contributed by atoms with Crippen molar-refractivity contribution in [2.75, 3.05) is 0 Å². The molecule has 0 amide bonds. The van der Waals surface area contributed by atoms with Crippen LogP contribution in [-0.2, 0) is 37.5 Å². The van der Waals surface area contributed by atoms with E-state index in [1.54, 1.807) is 0 Å². The second-order valence-electron chi connectivity index (χ2n) is 19.6. The summed E-state index contributed by atoms with van der Waals surface area (Å²) in [6.07, 6.45) is 3.11. The fourth-order valence-electron chi connectivity index (χ4n) is 9.44. The van der Waals surface area contributed by atoms with Crippen LogP contribution in [0.1, 0.15) is 51.7 Å². The van der Waals surface area contributed by atoms with Crippen LogP contribution < -0.4 is 63.7 Å². The number of carbonyl (C=O) groups excluding carboxylic acids is 2. The Morgan fingerprint density at radius 2 is 0.587 bits per heavy atom. The molecule has 0 aliphatic rings. The third-order valence-electron chi connectivity index (χ3n) is 13.5. The first kappa shape index (κ1) is 55.3. The Balaban J connectivity index is 0.000000197. The molecule has 0 saturated heterocycles.